The van der Waals surface area contributed by atoms with Gasteiger partial charge in [-0.15, -0.1) is 0 Å². The first-order chi connectivity index (χ1) is 7.61. The van der Waals surface area contributed by atoms with E-state index in [1.807, 2.05) is 0 Å². The number of hydrogen-bond acceptors (Lipinski definition) is 0. The molecule has 90 valence electrons. The van der Waals surface area contributed by atoms with Crippen molar-refractivity contribution in [3.63, 3.8) is 0 Å². The standard InChI is InChI=1S/C16H26/c1-6-9-15(12(3)7-2)16-11-8-10-13(4)14(16)5/h8,10-12,15H,6-7,9H2,1-5H3. The molecule has 0 saturated heterocycles. The molecule has 0 aliphatic heterocycles. The molecule has 0 saturated carbocycles. The smallest absolute Gasteiger partial charge is 0.0134 e. The van der Waals surface area contributed by atoms with Crippen molar-refractivity contribution in [2.75, 3.05) is 0 Å². The molecule has 0 aromatic heterocycles. The van der Waals surface area contributed by atoms with Gasteiger partial charge < -0.3 is 0 Å². The molecule has 16 heavy (non-hydrogen) atoms. The summed E-state index contributed by atoms with van der Waals surface area (Å²) in [5.41, 5.74) is 4.51. The Bertz CT molecular complexity index is 325. The van der Waals surface area contributed by atoms with Crippen LogP contribution in [0.1, 0.15) is 62.6 Å². The first-order valence-electron chi connectivity index (χ1n) is 6.67. The predicted molar refractivity (Wildman–Crippen MR) is 73.0 cm³/mol. The summed E-state index contributed by atoms with van der Waals surface area (Å²) >= 11 is 0. The van der Waals surface area contributed by atoms with Crippen molar-refractivity contribution in [3.8, 4) is 0 Å². The molecule has 0 nitrogen and oxygen atoms in total. The third-order valence-corrected chi connectivity index (χ3v) is 3.98. The van der Waals surface area contributed by atoms with Crippen LogP contribution < -0.4 is 0 Å². The van der Waals surface area contributed by atoms with Crippen molar-refractivity contribution >= 4 is 0 Å². The van der Waals surface area contributed by atoms with Crippen LogP contribution >= 0.6 is 0 Å². The number of aryl methyl sites for hydroxylation is 1. The topological polar surface area (TPSA) is 0 Å². The molecule has 0 aliphatic carbocycles. The fourth-order valence-corrected chi connectivity index (χ4v) is 2.52. The Morgan fingerprint density at radius 3 is 2.38 bits per heavy atom. The van der Waals surface area contributed by atoms with E-state index in [0.717, 1.165) is 11.8 Å². The highest BCUT2D eigenvalue weighted by Crippen LogP contribution is 2.33. The van der Waals surface area contributed by atoms with Crippen molar-refractivity contribution in [3.05, 3.63) is 34.9 Å². The Hall–Kier alpha value is -0.780. The highest BCUT2D eigenvalue weighted by molar-refractivity contribution is 5.35. The van der Waals surface area contributed by atoms with E-state index in [2.05, 4.69) is 52.8 Å². The van der Waals surface area contributed by atoms with E-state index in [4.69, 9.17) is 0 Å². The number of hydrogen-bond donors (Lipinski definition) is 0. The van der Waals surface area contributed by atoms with Crippen LogP contribution in [0.15, 0.2) is 18.2 Å². The van der Waals surface area contributed by atoms with Crippen LogP contribution in [0.4, 0.5) is 0 Å². The minimum Gasteiger partial charge on any atom is -0.0654 e. The van der Waals surface area contributed by atoms with Crippen molar-refractivity contribution in [2.24, 2.45) is 5.92 Å². The maximum atomic E-state index is 2.39. The second-order valence-electron chi connectivity index (χ2n) is 5.07. The van der Waals surface area contributed by atoms with E-state index in [0.29, 0.717) is 0 Å². The minimum absolute atomic E-state index is 0.745. The molecule has 0 N–H and O–H groups in total. The maximum absolute atomic E-state index is 2.39. The second kappa shape index (κ2) is 6.08. The van der Waals surface area contributed by atoms with Gasteiger partial charge in [-0.25, -0.2) is 0 Å². The summed E-state index contributed by atoms with van der Waals surface area (Å²) < 4.78 is 0. The quantitative estimate of drug-likeness (QED) is 0.634. The van der Waals surface area contributed by atoms with Crippen LogP contribution in [-0.2, 0) is 0 Å². The highest BCUT2D eigenvalue weighted by Gasteiger charge is 2.19. The van der Waals surface area contributed by atoms with Crippen LogP contribution in [0, 0.1) is 19.8 Å². The maximum Gasteiger partial charge on any atom is -0.0134 e. The molecule has 1 aromatic rings. The summed E-state index contributed by atoms with van der Waals surface area (Å²) in [5.74, 6) is 1.54. The third-order valence-electron chi connectivity index (χ3n) is 3.98. The first kappa shape index (κ1) is 13.3. The van der Waals surface area contributed by atoms with Crippen LogP contribution in [0.25, 0.3) is 0 Å². The molecule has 0 radical (unpaired) electrons. The van der Waals surface area contributed by atoms with Crippen LogP contribution in [0.3, 0.4) is 0 Å². The summed E-state index contributed by atoms with van der Waals surface area (Å²) in [6.07, 6.45) is 3.87. The van der Waals surface area contributed by atoms with Gasteiger partial charge in [-0.1, -0.05) is 51.8 Å². The lowest BCUT2D eigenvalue weighted by Gasteiger charge is -2.25. The van der Waals surface area contributed by atoms with Gasteiger partial charge in [0.2, 0.25) is 0 Å². The van der Waals surface area contributed by atoms with Crippen molar-refractivity contribution in [2.45, 2.75) is 59.8 Å². The summed E-state index contributed by atoms with van der Waals surface area (Å²) in [6.45, 7) is 11.5. The normalized spacial score (nSPS) is 14.8. The summed E-state index contributed by atoms with van der Waals surface area (Å²) in [5, 5.41) is 0. The fourth-order valence-electron chi connectivity index (χ4n) is 2.52. The lowest BCUT2D eigenvalue weighted by molar-refractivity contribution is 0.417. The Balaban J connectivity index is 3.05. The Labute approximate surface area is 101 Å². The lowest BCUT2D eigenvalue weighted by atomic mass is 9.80. The van der Waals surface area contributed by atoms with Gasteiger partial charge in [0.1, 0.15) is 0 Å². The van der Waals surface area contributed by atoms with Gasteiger partial charge in [0.05, 0.1) is 0 Å². The molecular weight excluding hydrogens is 192 g/mol. The van der Waals surface area contributed by atoms with Crippen LogP contribution in [-0.4, -0.2) is 0 Å². The van der Waals surface area contributed by atoms with E-state index in [-0.39, 0.29) is 0 Å². The van der Waals surface area contributed by atoms with Gasteiger partial charge in [0.15, 0.2) is 0 Å². The van der Waals surface area contributed by atoms with E-state index in [1.165, 1.54) is 30.4 Å². The van der Waals surface area contributed by atoms with E-state index in [9.17, 15) is 0 Å². The zero-order valence-corrected chi connectivity index (χ0v) is 11.5. The molecule has 0 amide bonds. The Morgan fingerprint density at radius 2 is 1.81 bits per heavy atom. The lowest BCUT2D eigenvalue weighted by Crippen LogP contribution is -2.11. The molecule has 2 atom stereocenters. The van der Waals surface area contributed by atoms with Crippen LogP contribution in [0.2, 0.25) is 0 Å². The van der Waals surface area contributed by atoms with Crippen LogP contribution in [0.5, 0.6) is 0 Å². The predicted octanol–water partition coefficient (Wildman–Crippen LogP) is 5.23. The molecule has 2 unspecified atom stereocenters. The zero-order chi connectivity index (χ0) is 12.1. The van der Waals surface area contributed by atoms with E-state index in [1.54, 1.807) is 5.56 Å². The monoisotopic (exact) mass is 218 g/mol. The van der Waals surface area contributed by atoms with Gasteiger partial charge in [0.25, 0.3) is 0 Å². The van der Waals surface area contributed by atoms with E-state index >= 15 is 0 Å². The highest BCUT2D eigenvalue weighted by atomic mass is 14.2. The second-order valence-corrected chi connectivity index (χ2v) is 5.07. The van der Waals surface area contributed by atoms with Crippen molar-refractivity contribution in [1.29, 1.82) is 0 Å². The molecule has 0 fully saturated rings. The summed E-state index contributed by atoms with van der Waals surface area (Å²) in [7, 11) is 0. The minimum atomic E-state index is 0.745. The van der Waals surface area contributed by atoms with Gasteiger partial charge >= 0.3 is 0 Å². The van der Waals surface area contributed by atoms with Gasteiger partial charge in [0, 0.05) is 0 Å². The summed E-state index contributed by atoms with van der Waals surface area (Å²) in [6, 6.07) is 6.76. The first-order valence-corrected chi connectivity index (χ1v) is 6.67. The SMILES string of the molecule is CCCC(c1cccc(C)c1C)C(C)CC. The Morgan fingerprint density at radius 1 is 1.12 bits per heavy atom. The molecule has 0 heteroatoms. The third kappa shape index (κ3) is 2.87. The molecular formula is C16H26. The zero-order valence-electron chi connectivity index (χ0n) is 11.5. The van der Waals surface area contributed by atoms with E-state index < -0.39 is 0 Å². The van der Waals surface area contributed by atoms with Gasteiger partial charge in [-0.3, -0.25) is 0 Å². The Kier molecular flexibility index (Phi) is 5.05. The van der Waals surface area contributed by atoms with Crippen molar-refractivity contribution < 1.29 is 0 Å². The average Bonchev–Trinajstić information content (AvgIpc) is 2.29. The number of rotatable bonds is 5. The largest absolute Gasteiger partial charge is 0.0654 e. The molecule has 0 aliphatic rings. The molecule has 1 aromatic carbocycles. The fraction of sp³-hybridized carbons (Fsp3) is 0.625. The molecule has 0 bridgehead atoms. The number of benzene rings is 1. The molecule has 1 rings (SSSR count). The average molecular weight is 218 g/mol. The molecule has 0 spiro atoms. The van der Waals surface area contributed by atoms with Gasteiger partial charge in [-0.05, 0) is 48.8 Å². The molecule has 0 heterocycles. The summed E-state index contributed by atoms with van der Waals surface area (Å²) in [4.78, 5) is 0. The van der Waals surface area contributed by atoms with Crippen molar-refractivity contribution in [1.82, 2.24) is 0 Å². The van der Waals surface area contributed by atoms with Gasteiger partial charge in [-0.2, -0.15) is 0 Å².